The third-order valence-electron chi connectivity index (χ3n) is 11.4. The largest absolute Gasteiger partial charge is 0.461 e. The summed E-state index contributed by atoms with van der Waals surface area (Å²) in [6, 6.07) is 6.11. The highest BCUT2D eigenvalue weighted by Crippen LogP contribution is 2.44. The van der Waals surface area contributed by atoms with Gasteiger partial charge in [0.15, 0.2) is 5.82 Å². The van der Waals surface area contributed by atoms with Gasteiger partial charge in [0, 0.05) is 43.7 Å². The van der Waals surface area contributed by atoms with Crippen molar-refractivity contribution < 1.29 is 32.5 Å². The predicted octanol–water partition coefficient (Wildman–Crippen LogP) is 6.80. The van der Waals surface area contributed by atoms with Crippen molar-refractivity contribution in [3.8, 4) is 23.0 Å². The summed E-state index contributed by atoms with van der Waals surface area (Å²) in [4.78, 5) is 31.2. The number of anilines is 1. The maximum Gasteiger partial charge on any atom is 0.319 e. The van der Waals surface area contributed by atoms with Gasteiger partial charge in [0.2, 0.25) is 0 Å². The lowest BCUT2D eigenvalue weighted by Gasteiger charge is -2.34. The Morgan fingerprint density at radius 2 is 1.94 bits per heavy atom. The first-order valence-corrected chi connectivity index (χ1v) is 18.1. The van der Waals surface area contributed by atoms with Gasteiger partial charge in [-0.1, -0.05) is 13.0 Å². The van der Waals surface area contributed by atoms with E-state index in [4.69, 9.17) is 14.5 Å². The molecule has 8 rings (SSSR count). The Hall–Kier alpha value is -4.03. The lowest BCUT2D eigenvalue weighted by molar-refractivity contribution is -0.142. The van der Waals surface area contributed by atoms with Crippen LogP contribution >= 0.6 is 0 Å². The van der Waals surface area contributed by atoms with Crippen LogP contribution in [0.2, 0.25) is 0 Å². The molecule has 2 aromatic heterocycles. The van der Waals surface area contributed by atoms with Crippen LogP contribution in [0.15, 0.2) is 30.5 Å². The number of piperidine rings is 1. The van der Waals surface area contributed by atoms with E-state index in [-0.39, 0.29) is 47.0 Å². The molecule has 4 aliphatic rings. The van der Waals surface area contributed by atoms with Crippen LogP contribution in [0.5, 0.6) is 11.8 Å². The summed E-state index contributed by atoms with van der Waals surface area (Å²) >= 11 is 0. The molecule has 0 spiro atoms. The topological polar surface area (TPSA) is 101 Å². The number of carbonyl (C=O) groups is 1. The zero-order chi connectivity index (χ0) is 35.8. The number of hydrogen-bond donors (Lipinski definition) is 1. The quantitative estimate of drug-likeness (QED) is 0.165. The molecule has 1 aliphatic carbocycles. The molecular weight excluding hydrogens is 659 g/mol. The smallest absolute Gasteiger partial charge is 0.319 e. The van der Waals surface area contributed by atoms with Gasteiger partial charge in [-0.25, -0.2) is 13.2 Å². The fourth-order valence-electron chi connectivity index (χ4n) is 8.91. The summed E-state index contributed by atoms with van der Waals surface area (Å²) in [5, 5.41) is 12.1. The number of esters is 1. The highest BCUT2D eigenvalue weighted by Gasteiger charge is 2.49. The number of rotatable bonds is 7. The van der Waals surface area contributed by atoms with Crippen LogP contribution in [0, 0.1) is 28.9 Å². The van der Waals surface area contributed by atoms with Crippen LogP contribution < -0.4 is 14.4 Å². The molecule has 270 valence electrons. The average Bonchev–Trinajstić information content (AvgIpc) is 3.70. The Kier molecular flexibility index (Phi) is 8.40. The van der Waals surface area contributed by atoms with Crippen LogP contribution in [0.3, 0.4) is 0 Å². The van der Waals surface area contributed by atoms with Crippen LogP contribution in [0.25, 0.3) is 32.9 Å². The monoisotopic (exact) mass is 703 g/mol. The molecule has 4 aromatic rings. The number of aliphatic hydroxyl groups is 1. The molecule has 51 heavy (non-hydrogen) atoms. The number of aromatic nitrogens is 3. The van der Waals surface area contributed by atoms with Gasteiger partial charge in [-0.3, -0.25) is 14.7 Å². The second kappa shape index (κ2) is 12.6. The first-order chi connectivity index (χ1) is 24.3. The summed E-state index contributed by atoms with van der Waals surface area (Å²) in [5.74, 6) is -0.679. The highest BCUT2D eigenvalue weighted by atomic mass is 19.1. The Labute approximate surface area is 295 Å². The third kappa shape index (κ3) is 5.97. The summed E-state index contributed by atoms with van der Waals surface area (Å²) in [6.07, 6.45) is 4.25. The molecule has 2 bridgehead atoms. The number of fused-ring (bicyclic) bond motifs is 5. The Morgan fingerprint density at radius 3 is 2.71 bits per heavy atom. The number of aryl methyl sites for hydroxylation is 1. The first-order valence-electron chi connectivity index (χ1n) is 18.1. The third-order valence-corrected chi connectivity index (χ3v) is 11.4. The molecule has 1 N–H and O–H groups in total. The van der Waals surface area contributed by atoms with Crippen LogP contribution in [0.4, 0.5) is 19.0 Å². The van der Waals surface area contributed by atoms with Crippen molar-refractivity contribution in [1.29, 1.82) is 0 Å². The summed E-state index contributed by atoms with van der Waals surface area (Å²) in [6.45, 7) is 9.56. The van der Waals surface area contributed by atoms with E-state index in [0.717, 1.165) is 25.8 Å². The van der Waals surface area contributed by atoms with E-state index >= 15 is 8.78 Å². The summed E-state index contributed by atoms with van der Waals surface area (Å²) < 4.78 is 59.2. The molecule has 3 aliphatic heterocycles. The molecule has 0 radical (unpaired) electrons. The second-order valence-corrected chi connectivity index (χ2v) is 16.0. The number of nitrogens with zero attached hydrogens (tertiary/aromatic N) is 5. The molecule has 0 amide bonds. The number of carbonyl (C=O) groups excluding carboxylic acids is 1. The first kappa shape index (κ1) is 34.1. The average molecular weight is 704 g/mol. The number of halogens is 3. The van der Waals surface area contributed by atoms with Gasteiger partial charge in [-0.15, -0.1) is 0 Å². The number of alkyl halides is 1. The van der Waals surface area contributed by atoms with Crippen molar-refractivity contribution in [2.24, 2.45) is 17.3 Å². The zero-order valence-electron chi connectivity index (χ0n) is 29.5. The molecule has 0 unspecified atom stereocenters. The molecule has 1 saturated carbocycles. The van der Waals surface area contributed by atoms with Crippen molar-refractivity contribution in [2.75, 3.05) is 37.7 Å². The maximum absolute atomic E-state index is 17.2. The van der Waals surface area contributed by atoms with Gasteiger partial charge in [0.25, 0.3) is 0 Å². The van der Waals surface area contributed by atoms with Gasteiger partial charge in [0.1, 0.15) is 41.4 Å². The Bertz CT molecular complexity index is 2040. The van der Waals surface area contributed by atoms with Crippen LogP contribution in [-0.4, -0.2) is 81.5 Å². The van der Waals surface area contributed by atoms with Crippen molar-refractivity contribution in [1.82, 2.24) is 19.9 Å². The van der Waals surface area contributed by atoms with E-state index in [1.54, 1.807) is 32.9 Å². The standard InChI is InChI=1S/C39H44F3N5O4/c1-5-26-29(41)8-7-22-13-25(51-36(49)38(2,3)4)14-27(31(22)26)33-32(42)34-28(16-43-33)35(46-17-21-11-23(18-46)30(48)12-21)45-37(44-34)50-20-39-9-6-10-47(39)19-24(40)15-39/h7-8,13-14,16,21,23-24,30,48H,5-6,9-12,15,17-20H2,1-4H3/t21-,23-,24-,30-,39+/m1/s1. The second-order valence-electron chi connectivity index (χ2n) is 16.0. The fourth-order valence-corrected chi connectivity index (χ4v) is 8.91. The predicted molar refractivity (Wildman–Crippen MR) is 188 cm³/mol. The Balaban J connectivity index is 1.28. The minimum absolute atomic E-state index is 0.0197. The SMILES string of the molecule is CCc1c(F)ccc2cc(OC(=O)C(C)(C)C)cc(-c3ncc4c(N5C[C@@H]6C[C@H](C5)[C@H](O)C6)nc(OC[C@@]56CCCN5C[C@H](F)C6)nc4c3F)c12. The molecule has 4 fully saturated rings. The van der Waals surface area contributed by atoms with Gasteiger partial charge in [0.05, 0.1) is 22.4 Å². The van der Waals surface area contributed by atoms with Crippen molar-refractivity contribution in [3.63, 3.8) is 0 Å². The van der Waals surface area contributed by atoms with Gasteiger partial charge >= 0.3 is 12.0 Å². The van der Waals surface area contributed by atoms with Crippen LogP contribution in [0.1, 0.15) is 65.4 Å². The van der Waals surface area contributed by atoms with E-state index in [9.17, 15) is 14.3 Å². The van der Waals surface area contributed by atoms with Gasteiger partial charge in [-0.2, -0.15) is 9.97 Å². The van der Waals surface area contributed by atoms with Crippen molar-refractivity contribution in [2.45, 2.75) is 84.0 Å². The normalized spacial score (nSPS) is 26.3. The molecular formula is C39H44F3N5O4. The van der Waals surface area contributed by atoms with Crippen molar-refractivity contribution >= 4 is 33.5 Å². The number of benzene rings is 2. The summed E-state index contributed by atoms with van der Waals surface area (Å²) in [5.41, 5.74) is -0.710. The molecule has 9 nitrogen and oxygen atoms in total. The number of hydrogen-bond acceptors (Lipinski definition) is 9. The molecule has 5 atom stereocenters. The molecule has 12 heteroatoms. The number of pyridine rings is 1. The van der Waals surface area contributed by atoms with Gasteiger partial charge < -0.3 is 19.5 Å². The van der Waals surface area contributed by atoms with E-state index in [2.05, 4.69) is 19.8 Å². The lowest BCUT2D eigenvalue weighted by atomic mass is 9.94. The minimum Gasteiger partial charge on any atom is -0.461 e. The van der Waals surface area contributed by atoms with E-state index in [0.29, 0.717) is 66.4 Å². The van der Waals surface area contributed by atoms with Gasteiger partial charge in [-0.05, 0) is 99.9 Å². The fraction of sp³-hybridized carbons (Fsp3) is 0.538. The summed E-state index contributed by atoms with van der Waals surface area (Å²) in [7, 11) is 0. The van der Waals surface area contributed by atoms with Crippen LogP contribution in [-0.2, 0) is 11.2 Å². The number of ether oxygens (including phenoxy) is 2. The van der Waals surface area contributed by atoms with E-state index < -0.39 is 40.8 Å². The zero-order valence-corrected chi connectivity index (χ0v) is 29.5. The molecule has 2 aromatic carbocycles. The maximum atomic E-state index is 17.2. The Morgan fingerprint density at radius 1 is 1.12 bits per heavy atom. The molecule has 3 saturated heterocycles. The highest BCUT2D eigenvalue weighted by molar-refractivity contribution is 6.02. The van der Waals surface area contributed by atoms with E-state index in [1.807, 2.05) is 6.92 Å². The lowest BCUT2D eigenvalue weighted by Crippen LogP contribution is -2.43. The minimum atomic E-state index is -0.936. The number of aliphatic hydroxyl groups excluding tert-OH is 1. The van der Waals surface area contributed by atoms with Crippen molar-refractivity contribution in [3.05, 3.63) is 47.7 Å². The molecule has 5 heterocycles. The van der Waals surface area contributed by atoms with E-state index in [1.165, 1.54) is 18.3 Å².